The summed E-state index contributed by atoms with van der Waals surface area (Å²) < 4.78 is 53.9. The lowest BCUT2D eigenvalue weighted by atomic mass is 10.1. The van der Waals surface area contributed by atoms with E-state index < -0.39 is 35.4 Å². The van der Waals surface area contributed by atoms with Crippen LogP contribution in [0.25, 0.3) is 0 Å². The molecule has 0 aliphatic rings. The molecule has 2 aromatic carbocycles. The molecule has 29 heavy (non-hydrogen) atoms. The first-order valence-corrected chi connectivity index (χ1v) is 8.44. The van der Waals surface area contributed by atoms with E-state index in [9.17, 15) is 22.4 Å². The molecule has 0 heterocycles. The number of nitrogens with zero attached hydrogens (tertiary/aromatic N) is 1. The summed E-state index contributed by atoms with van der Waals surface area (Å²) in [6, 6.07) is 7.21. The van der Waals surface area contributed by atoms with E-state index in [1.807, 2.05) is 6.07 Å². The zero-order valence-electron chi connectivity index (χ0n) is 15.8. The van der Waals surface area contributed by atoms with Gasteiger partial charge in [0.25, 0.3) is 5.91 Å². The molecule has 1 amide bonds. The quantitative estimate of drug-likeness (QED) is 0.179. The summed E-state index contributed by atoms with van der Waals surface area (Å²) in [5, 5.41) is 8.08. The number of hydrogen-bond acceptors (Lipinski definition) is 2. The molecule has 0 saturated heterocycles. The van der Waals surface area contributed by atoms with Crippen molar-refractivity contribution in [2.24, 2.45) is 4.99 Å². The second kappa shape index (κ2) is 11.6. The van der Waals surface area contributed by atoms with Crippen molar-refractivity contribution in [3.05, 3.63) is 70.3 Å². The average Bonchev–Trinajstić information content (AvgIpc) is 2.70. The van der Waals surface area contributed by atoms with Crippen LogP contribution < -0.4 is 16.0 Å². The number of halogens is 5. The monoisotopic (exact) mass is 524 g/mol. The highest BCUT2D eigenvalue weighted by Gasteiger charge is 2.19. The number of amides is 1. The van der Waals surface area contributed by atoms with Crippen LogP contribution in [0.5, 0.6) is 0 Å². The molecule has 0 spiro atoms. The summed E-state index contributed by atoms with van der Waals surface area (Å²) in [6.45, 7) is -0.0858. The van der Waals surface area contributed by atoms with Gasteiger partial charge in [0.05, 0.1) is 0 Å². The highest BCUT2D eigenvalue weighted by molar-refractivity contribution is 14.0. The maximum absolute atomic E-state index is 13.7. The van der Waals surface area contributed by atoms with E-state index in [1.165, 1.54) is 7.05 Å². The van der Waals surface area contributed by atoms with Crippen LogP contribution in [0.4, 0.5) is 17.6 Å². The third-order valence-electron chi connectivity index (χ3n) is 3.98. The van der Waals surface area contributed by atoms with Crippen molar-refractivity contribution in [1.82, 2.24) is 16.0 Å². The fourth-order valence-corrected chi connectivity index (χ4v) is 2.51. The Morgan fingerprint density at radius 1 is 1.03 bits per heavy atom. The van der Waals surface area contributed by atoms with E-state index >= 15 is 0 Å². The van der Waals surface area contributed by atoms with Crippen molar-refractivity contribution in [3.8, 4) is 0 Å². The molecule has 2 aromatic rings. The summed E-state index contributed by atoms with van der Waals surface area (Å²) in [5.74, 6) is -5.82. The normalized spacial score (nSPS) is 10.9. The van der Waals surface area contributed by atoms with E-state index in [-0.39, 0.29) is 41.9 Å². The van der Waals surface area contributed by atoms with Crippen LogP contribution in [-0.2, 0) is 13.0 Å². The van der Waals surface area contributed by atoms with Crippen molar-refractivity contribution < 1.29 is 22.4 Å². The largest absolute Gasteiger partial charge is 0.356 e. The Morgan fingerprint density at radius 2 is 1.69 bits per heavy atom. The second-order valence-corrected chi connectivity index (χ2v) is 5.83. The smallest absolute Gasteiger partial charge is 0.251 e. The van der Waals surface area contributed by atoms with Gasteiger partial charge in [0, 0.05) is 44.4 Å². The van der Waals surface area contributed by atoms with Crippen molar-refractivity contribution in [2.45, 2.75) is 13.0 Å². The highest BCUT2D eigenvalue weighted by atomic mass is 127. The van der Waals surface area contributed by atoms with Gasteiger partial charge in [0.1, 0.15) is 0 Å². The maximum Gasteiger partial charge on any atom is 0.251 e. The number of nitrogens with one attached hydrogen (secondary N) is 3. The minimum absolute atomic E-state index is 0. The molecule has 0 unspecified atom stereocenters. The second-order valence-electron chi connectivity index (χ2n) is 5.83. The van der Waals surface area contributed by atoms with Crippen LogP contribution >= 0.6 is 24.0 Å². The van der Waals surface area contributed by atoms with Gasteiger partial charge in [0.2, 0.25) is 0 Å². The van der Waals surface area contributed by atoms with Crippen LogP contribution in [0.1, 0.15) is 21.5 Å². The third kappa shape index (κ3) is 6.58. The van der Waals surface area contributed by atoms with Gasteiger partial charge in [-0.25, -0.2) is 17.6 Å². The van der Waals surface area contributed by atoms with Gasteiger partial charge in [-0.05, 0) is 24.1 Å². The zero-order chi connectivity index (χ0) is 20.7. The molecule has 0 fully saturated rings. The van der Waals surface area contributed by atoms with E-state index in [4.69, 9.17) is 0 Å². The average molecular weight is 524 g/mol. The van der Waals surface area contributed by atoms with Crippen molar-refractivity contribution in [1.29, 1.82) is 0 Å². The Balaban J connectivity index is 0.00000420. The Labute approximate surface area is 183 Å². The zero-order valence-corrected chi connectivity index (χ0v) is 18.1. The lowest BCUT2D eigenvalue weighted by Gasteiger charge is -2.13. The number of hydrogen-bond donors (Lipinski definition) is 3. The maximum atomic E-state index is 13.7. The van der Waals surface area contributed by atoms with Crippen LogP contribution in [-0.4, -0.2) is 32.5 Å². The Kier molecular flexibility index (Phi) is 9.86. The van der Waals surface area contributed by atoms with Gasteiger partial charge in [-0.3, -0.25) is 9.79 Å². The SMILES string of the molecule is CN=C(NCCc1cccc(C(=O)NC)c1)NCc1c(F)c(F)cc(F)c1F.I. The van der Waals surface area contributed by atoms with E-state index in [2.05, 4.69) is 20.9 Å². The fourth-order valence-electron chi connectivity index (χ4n) is 2.51. The predicted molar refractivity (Wildman–Crippen MR) is 113 cm³/mol. The first-order valence-electron chi connectivity index (χ1n) is 8.44. The number of rotatable bonds is 6. The summed E-state index contributed by atoms with van der Waals surface area (Å²) >= 11 is 0. The Hall–Kier alpha value is -2.37. The summed E-state index contributed by atoms with van der Waals surface area (Å²) in [5.41, 5.74) is 0.675. The standard InChI is InChI=1S/C19H20F4N4O.HI/c1-24-18(28)12-5-3-4-11(8-12)6-7-26-19(25-2)27-10-13-16(22)14(20)9-15(21)17(13)23;/h3-5,8-9H,6-7,10H2,1-2H3,(H,24,28)(H2,25,26,27);1H. The van der Waals surface area contributed by atoms with Gasteiger partial charge >= 0.3 is 0 Å². The number of guanidine groups is 1. The van der Waals surface area contributed by atoms with E-state index in [1.54, 1.807) is 25.2 Å². The Bertz CT molecular complexity index is 867. The molecule has 3 N–H and O–H groups in total. The number of carbonyl (C=O) groups excluding carboxylic acids is 1. The minimum Gasteiger partial charge on any atom is -0.356 e. The van der Waals surface area contributed by atoms with E-state index in [0.29, 0.717) is 18.5 Å². The number of carbonyl (C=O) groups is 1. The fraction of sp³-hybridized carbons (Fsp3) is 0.263. The van der Waals surface area contributed by atoms with Crippen LogP contribution in [0.2, 0.25) is 0 Å². The third-order valence-corrected chi connectivity index (χ3v) is 3.98. The van der Waals surface area contributed by atoms with Gasteiger partial charge in [-0.15, -0.1) is 24.0 Å². The molecular weight excluding hydrogens is 503 g/mol. The van der Waals surface area contributed by atoms with Crippen molar-refractivity contribution >= 4 is 35.8 Å². The van der Waals surface area contributed by atoms with Crippen LogP contribution in [0.15, 0.2) is 35.3 Å². The van der Waals surface area contributed by atoms with E-state index in [0.717, 1.165) is 5.56 Å². The molecule has 2 rings (SSSR count). The number of aliphatic imine (C=N–C) groups is 1. The molecule has 0 saturated carbocycles. The topological polar surface area (TPSA) is 65.5 Å². The van der Waals surface area contributed by atoms with Crippen molar-refractivity contribution in [2.75, 3.05) is 20.6 Å². The molecule has 158 valence electrons. The van der Waals surface area contributed by atoms with Gasteiger partial charge in [-0.1, -0.05) is 12.1 Å². The molecular formula is C19H21F4IN4O. The summed E-state index contributed by atoms with van der Waals surface area (Å²) in [6.07, 6.45) is 0.544. The first kappa shape index (κ1) is 24.7. The number of benzene rings is 2. The molecule has 0 aliphatic heterocycles. The Morgan fingerprint density at radius 3 is 2.28 bits per heavy atom. The van der Waals surface area contributed by atoms with Gasteiger partial charge in [0.15, 0.2) is 29.2 Å². The molecule has 10 heteroatoms. The van der Waals surface area contributed by atoms with Crippen LogP contribution in [0.3, 0.4) is 0 Å². The lowest BCUT2D eigenvalue weighted by Crippen LogP contribution is -2.38. The molecule has 0 radical (unpaired) electrons. The molecule has 0 bridgehead atoms. The highest BCUT2D eigenvalue weighted by Crippen LogP contribution is 2.19. The molecule has 5 nitrogen and oxygen atoms in total. The van der Waals surface area contributed by atoms with Crippen molar-refractivity contribution in [3.63, 3.8) is 0 Å². The van der Waals surface area contributed by atoms with Gasteiger partial charge < -0.3 is 16.0 Å². The minimum atomic E-state index is -1.46. The molecule has 0 aliphatic carbocycles. The lowest BCUT2D eigenvalue weighted by molar-refractivity contribution is 0.0963. The molecule has 0 atom stereocenters. The van der Waals surface area contributed by atoms with Gasteiger partial charge in [-0.2, -0.15) is 0 Å². The summed E-state index contributed by atoms with van der Waals surface area (Å²) in [7, 11) is 2.99. The predicted octanol–water partition coefficient (Wildman–Crippen LogP) is 3.13. The first-order chi connectivity index (χ1) is 13.4. The van der Waals surface area contributed by atoms with Crippen LogP contribution in [0, 0.1) is 23.3 Å². The summed E-state index contributed by atoms with van der Waals surface area (Å²) in [4.78, 5) is 15.5. The molecule has 0 aromatic heterocycles.